The lowest BCUT2D eigenvalue weighted by molar-refractivity contribution is 0.455. The van der Waals surface area contributed by atoms with Gasteiger partial charge in [-0.05, 0) is 20.3 Å². The molecule has 1 saturated heterocycles. The summed E-state index contributed by atoms with van der Waals surface area (Å²) in [6, 6.07) is 0.380. The number of nitrogens with two attached hydrogens (primary N) is 1. The van der Waals surface area contributed by atoms with Crippen LogP contribution in [-0.2, 0) is 0 Å². The highest BCUT2D eigenvalue weighted by Crippen LogP contribution is 2.15. The van der Waals surface area contributed by atoms with Crippen LogP contribution in [0.4, 0.5) is 0 Å². The third-order valence-corrected chi connectivity index (χ3v) is 1.62. The van der Waals surface area contributed by atoms with Gasteiger partial charge in [-0.1, -0.05) is 0 Å². The van der Waals surface area contributed by atoms with Crippen molar-refractivity contribution in [3.63, 3.8) is 0 Å². The van der Waals surface area contributed by atoms with E-state index in [0.717, 1.165) is 13.0 Å². The summed E-state index contributed by atoms with van der Waals surface area (Å²) in [6.45, 7) is 5.34. The Labute approximate surface area is 50.4 Å². The van der Waals surface area contributed by atoms with E-state index < -0.39 is 0 Å². The van der Waals surface area contributed by atoms with Crippen LogP contribution in [0.1, 0.15) is 20.3 Å². The molecule has 0 spiro atoms. The Kier molecular flexibility index (Phi) is 1.29. The van der Waals surface area contributed by atoms with Crippen LogP contribution in [0.15, 0.2) is 0 Å². The first kappa shape index (κ1) is 6.05. The molecule has 1 heterocycles. The molecule has 48 valence electrons. The standard InChI is InChI=1S/C6H14N2/c1-6(2)3-5(7)4-8-6/h5,8H,3-4,7H2,1-2H3. The first-order valence-electron chi connectivity index (χ1n) is 3.11. The fraction of sp³-hybridized carbons (Fsp3) is 1.00. The van der Waals surface area contributed by atoms with E-state index in [1.807, 2.05) is 0 Å². The van der Waals surface area contributed by atoms with Crippen molar-refractivity contribution in [1.29, 1.82) is 0 Å². The third-order valence-electron chi connectivity index (χ3n) is 1.62. The highest BCUT2D eigenvalue weighted by atomic mass is 15.0. The quantitative estimate of drug-likeness (QED) is 0.468. The van der Waals surface area contributed by atoms with Crippen molar-refractivity contribution in [1.82, 2.24) is 5.32 Å². The summed E-state index contributed by atoms with van der Waals surface area (Å²) < 4.78 is 0. The van der Waals surface area contributed by atoms with Gasteiger partial charge < -0.3 is 11.1 Å². The molecule has 1 fully saturated rings. The SMILES string of the molecule is CC1(C)CC(N)CN1. The van der Waals surface area contributed by atoms with Gasteiger partial charge in [0.05, 0.1) is 0 Å². The molecule has 0 bridgehead atoms. The fourth-order valence-corrected chi connectivity index (χ4v) is 1.21. The first-order chi connectivity index (χ1) is 3.60. The van der Waals surface area contributed by atoms with Gasteiger partial charge in [0.2, 0.25) is 0 Å². The predicted octanol–water partition coefficient (Wildman–Crippen LogP) is 0.0856. The largest absolute Gasteiger partial charge is 0.326 e. The van der Waals surface area contributed by atoms with Gasteiger partial charge in [0.1, 0.15) is 0 Å². The molecular weight excluding hydrogens is 100 g/mol. The summed E-state index contributed by atoms with van der Waals surface area (Å²) in [6.07, 6.45) is 1.10. The Morgan fingerprint density at radius 2 is 2.25 bits per heavy atom. The fourth-order valence-electron chi connectivity index (χ4n) is 1.21. The molecule has 0 saturated carbocycles. The molecule has 0 aliphatic carbocycles. The molecule has 0 aromatic carbocycles. The molecular formula is C6H14N2. The monoisotopic (exact) mass is 114 g/mol. The van der Waals surface area contributed by atoms with E-state index in [1.165, 1.54) is 0 Å². The maximum atomic E-state index is 5.65. The lowest BCUT2D eigenvalue weighted by atomic mass is 10.0. The third kappa shape index (κ3) is 1.20. The van der Waals surface area contributed by atoms with E-state index in [4.69, 9.17) is 5.73 Å². The van der Waals surface area contributed by atoms with Crippen molar-refractivity contribution >= 4 is 0 Å². The molecule has 1 aliphatic rings. The minimum Gasteiger partial charge on any atom is -0.326 e. The second-order valence-electron chi connectivity index (χ2n) is 3.23. The molecule has 0 radical (unpaired) electrons. The topological polar surface area (TPSA) is 38.0 Å². The summed E-state index contributed by atoms with van der Waals surface area (Å²) in [4.78, 5) is 0. The van der Waals surface area contributed by atoms with Crippen LogP contribution in [0.5, 0.6) is 0 Å². The van der Waals surface area contributed by atoms with Crippen molar-refractivity contribution in [2.24, 2.45) is 5.73 Å². The lowest BCUT2D eigenvalue weighted by Gasteiger charge is -2.16. The highest BCUT2D eigenvalue weighted by molar-refractivity contribution is 4.90. The zero-order chi connectivity index (χ0) is 6.20. The van der Waals surface area contributed by atoms with Crippen molar-refractivity contribution < 1.29 is 0 Å². The number of hydrogen-bond donors (Lipinski definition) is 2. The Bertz CT molecular complexity index is 88.5. The Morgan fingerprint density at radius 1 is 1.62 bits per heavy atom. The predicted molar refractivity (Wildman–Crippen MR) is 34.7 cm³/mol. The molecule has 0 amide bonds. The van der Waals surface area contributed by atoms with E-state index in [-0.39, 0.29) is 0 Å². The Balaban J connectivity index is 2.44. The van der Waals surface area contributed by atoms with Gasteiger partial charge in [0, 0.05) is 18.1 Å². The molecule has 2 heteroatoms. The van der Waals surface area contributed by atoms with Crippen molar-refractivity contribution in [2.45, 2.75) is 31.8 Å². The van der Waals surface area contributed by atoms with E-state index in [1.54, 1.807) is 0 Å². The number of rotatable bonds is 0. The van der Waals surface area contributed by atoms with Crippen LogP contribution in [0, 0.1) is 0 Å². The first-order valence-corrected chi connectivity index (χ1v) is 3.11. The Hall–Kier alpha value is -0.0800. The molecule has 3 N–H and O–H groups in total. The zero-order valence-corrected chi connectivity index (χ0v) is 5.57. The molecule has 1 atom stereocenters. The van der Waals surface area contributed by atoms with Gasteiger partial charge in [-0.3, -0.25) is 0 Å². The van der Waals surface area contributed by atoms with Gasteiger partial charge in [-0.15, -0.1) is 0 Å². The smallest absolute Gasteiger partial charge is 0.0182 e. The van der Waals surface area contributed by atoms with E-state index in [2.05, 4.69) is 19.2 Å². The normalized spacial score (nSPS) is 35.6. The zero-order valence-electron chi connectivity index (χ0n) is 5.57. The minimum atomic E-state index is 0.291. The van der Waals surface area contributed by atoms with Crippen LogP contribution in [0.25, 0.3) is 0 Å². The highest BCUT2D eigenvalue weighted by Gasteiger charge is 2.27. The summed E-state index contributed by atoms with van der Waals surface area (Å²) >= 11 is 0. The summed E-state index contributed by atoms with van der Waals surface area (Å²) in [5.41, 5.74) is 5.94. The molecule has 2 nitrogen and oxygen atoms in total. The maximum Gasteiger partial charge on any atom is 0.0182 e. The molecule has 1 unspecified atom stereocenters. The van der Waals surface area contributed by atoms with Gasteiger partial charge in [0.25, 0.3) is 0 Å². The van der Waals surface area contributed by atoms with Gasteiger partial charge in [0.15, 0.2) is 0 Å². The summed E-state index contributed by atoms with van der Waals surface area (Å²) in [7, 11) is 0. The van der Waals surface area contributed by atoms with Crippen molar-refractivity contribution in [3.8, 4) is 0 Å². The lowest BCUT2D eigenvalue weighted by Crippen LogP contribution is -2.31. The molecule has 1 rings (SSSR count). The average Bonchev–Trinajstić information content (AvgIpc) is 1.82. The van der Waals surface area contributed by atoms with Crippen LogP contribution in [0.2, 0.25) is 0 Å². The second-order valence-corrected chi connectivity index (χ2v) is 3.23. The van der Waals surface area contributed by atoms with Crippen molar-refractivity contribution in [3.05, 3.63) is 0 Å². The van der Waals surface area contributed by atoms with Crippen LogP contribution in [-0.4, -0.2) is 18.1 Å². The van der Waals surface area contributed by atoms with E-state index in [9.17, 15) is 0 Å². The number of hydrogen-bond acceptors (Lipinski definition) is 2. The van der Waals surface area contributed by atoms with Gasteiger partial charge >= 0.3 is 0 Å². The van der Waals surface area contributed by atoms with Gasteiger partial charge in [-0.25, -0.2) is 0 Å². The minimum absolute atomic E-state index is 0.291. The van der Waals surface area contributed by atoms with Crippen molar-refractivity contribution in [2.75, 3.05) is 6.54 Å². The van der Waals surface area contributed by atoms with Crippen LogP contribution < -0.4 is 11.1 Å². The Morgan fingerprint density at radius 3 is 2.38 bits per heavy atom. The van der Waals surface area contributed by atoms with Crippen LogP contribution >= 0.6 is 0 Å². The van der Waals surface area contributed by atoms with E-state index in [0.29, 0.717) is 11.6 Å². The summed E-state index contributed by atoms with van der Waals surface area (Å²) in [5.74, 6) is 0. The summed E-state index contributed by atoms with van der Waals surface area (Å²) in [5, 5.41) is 3.32. The molecule has 0 aromatic rings. The number of nitrogens with one attached hydrogen (secondary N) is 1. The second kappa shape index (κ2) is 1.71. The molecule has 0 aromatic heterocycles. The average molecular weight is 114 g/mol. The molecule has 1 aliphatic heterocycles. The van der Waals surface area contributed by atoms with Crippen LogP contribution in [0.3, 0.4) is 0 Å². The van der Waals surface area contributed by atoms with Gasteiger partial charge in [-0.2, -0.15) is 0 Å². The maximum absolute atomic E-state index is 5.65. The molecule has 8 heavy (non-hydrogen) atoms. The van der Waals surface area contributed by atoms with E-state index >= 15 is 0 Å².